The zero-order chi connectivity index (χ0) is 8.39. The molecular weight excluding hydrogens is 156 g/mol. The van der Waals surface area contributed by atoms with Gasteiger partial charge in [-0.3, -0.25) is 0 Å². The van der Waals surface area contributed by atoms with Crippen LogP contribution in [0.25, 0.3) is 0 Å². The van der Waals surface area contributed by atoms with Gasteiger partial charge in [-0.05, 0) is 0 Å². The smallest absolute Gasteiger partial charge is 0.234 e. The molecule has 12 heavy (non-hydrogen) atoms. The van der Waals surface area contributed by atoms with Crippen molar-refractivity contribution in [1.82, 2.24) is 20.8 Å². The maximum Gasteiger partial charge on any atom is 0.234 e. The zero-order valence-corrected chi connectivity index (χ0v) is 7.00. The molecule has 0 bridgehead atoms. The van der Waals surface area contributed by atoms with Crippen molar-refractivity contribution in [3.8, 4) is 0 Å². The van der Waals surface area contributed by atoms with Crippen LogP contribution >= 0.6 is 0 Å². The second-order valence-electron chi connectivity index (χ2n) is 2.87. The molecule has 2 N–H and O–H groups in total. The molecule has 0 radical (unpaired) electrons. The van der Waals surface area contributed by atoms with E-state index >= 15 is 0 Å². The molecule has 1 aromatic rings. The maximum atomic E-state index is 5.30. The minimum atomic E-state index is 0.181. The quantitative estimate of drug-likeness (QED) is 0.598. The molecule has 5 heteroatoms. The third-order valence-electron chi connectivity index (χ3n) is 1.88. The van der Waals surface area contributed by atoms with Crippen molar-refractivity contribution in [2.24, 2.45) is 0 Å². The summed E-state index contributed by atoms with van der Waals surface area (Å²) in [6.07, 6.45) is 0. The van der Waals surface area contributed by atoms with Gasteiger partial charge >= 0.3 is 0 Å². The van der Waals surface area contributed by atoms with E-state index in [0.29, 0.717) is 11.8 Å². The molecule has 5 nitrogen and oxygen atoms in total. The fraction of sp³-hybridized carbons (Fsp3) is 0.714. The van der Waals surface area contributed by atoms with Gasteiger partial charge in [-0.2, -0.15) is 0 Å². The highest BCUT2D eigenvalue weighted by Crippen LogP contribution is 2.10. The molecule has 1 atom stereocenters. The van der Waals surface area contributed by atoms with E-state index in [2.05, 4.69) is 20.8 Å². The predicted molar refractivity (Wildman–Crippen MR) is 42.6 cm³/mol. The molecule has 66 valence electrons. The topological polar surface area (TPSA) is 63.0 Å². The summed E-state index contributed by atoms with van der Waals surface area (Å²) in [5, 5.41) is 14.3. The molecule has 0 saturated carbocycles. The molecule has 1 aliphatic heterocycles. The lowest BCUT2D eigenvalue weighted by Crippen LogP contribution is -2.42. The highest BCUT2D eigenvalue weighted by Gasteiger charge is 2.19. The Morgan fingerprint density at radius 1 is 1.42 bits per heavy atom. The van der Waals surface area contributed by atoms with Crippen LogP contribution in [0.15, 0.2) is 4.42 Å². The van der Waals surface area contributed by atoms with Crippen molar-refractivity contribution < 1.29 is 4.42 Å². The lowest BCUT2D eigenvalue weighted by molar-refractivity contribution is 0.346. The Morgan fingerprint density at radius 3 is 2.92 bits per heavy atom. The Labute approximate surface area is 70.6 Å². The Bertz CT molecular complexity index is 254. The van der Waals surface area contributed by atoms with Crippen molar-refractivity contribution in [1.29, 1.82) is 0 Å². The average molecular weight is 168 g/mol. The average Bonchev–Trinajstić information content (AvgIpc) is 2.54. The van der Waals surface area contributed by atoms with E-state index < -0.39 is 0 Å². The van der Waals surface area contributed by atoms with Crippen LogP contribution in [-0.2, 0) is 0 Å². The van der Waals surface area contributed by atoms with Gasteiger partial charge in [0.05, 0.1) is 6.04 Å². The molecule has 2 rings (SSSR count). The molecule has 0 amide bonds. The van der Waals surface area contributed by atoms with Crippen molar-refractivity contribution in [3.05, 3.63) is 11.8 Å². The molecule has 2 heterocycles. The van der Waals surface area contributed by atoms with Gasteiger partial charge in [-0.15, -0.1) is 10.2 Å². The van der Waals surface area contributed by atoms with Crippen LogP contribution in [0, 0.1) is 6.92 Å². The van der Waals surface area contributed by atoms with Crippen molar-refractivity contribution in [2.45, 2.75) is 13.0 Å². The van der Waals surface area contributed by atoms with Gasteiger partial charge in [0.1, 0.15) is 0 Å². The number of rotatable bonds is 1. The van der Waals surface area contributed by atoms with Crippen molar-refractivity contribution >= 4 is 0 Å². The van der Waals surface area contributed by atoms with Crippen molar-refractivity contribution in [2.75, 3.05) is 19.6 Å². The molecule has 0 spiro atoms. The highest BCUT2D eigenvalue weighted by molar-refractivity contribution is 4.92. The van der Waals surface area contributed by atoms with Gasteiger partial charge in [-0.1, -0.05) is 0 Å². The predicted octanol–water partition coefficient (Wildman–Crippen LogP) is -0.388. The van der Waals surface area contributed by atoms with Gasteiger partial charge in [0.25, 0.3) is 0 Å². The van der Waals surface area contributed by atoms with Crippen LogP contribution in [0.3, 0.4) is 0 Å². The van der Waals surface area contributed by atoms with Crippen LogP contribution in [0.4, 0.5) is 0 Å². The lowest BCUT2D eigenvalue weighted by atomic mass is 10.2. The van der Waals surface area contributed by atoms with E-state index in [1.54, 1.807) is 6.92 Å². The maximum absolute atomic E-state index is 5.30. The van der Waals surface area contributed by atoms with E-state index in [4.69, 9.17) is 4.42 Å². The molecule has 1 saturated heterocycles. The summed E-state index contributed by atoms with van der Waals surface area (Å²) >= 11 is 0. The lowest BCUT2D eigenvalue weighted by Gasteiger charge is -2.20. The van der Waals surface area contributed by atoms with Crippen LogP contribution in [-0.4, -0.2) is 29.8 Å². The standard InChI is InChI=1S/C7H12N4O/c1-5-10-11-7(12-5)6-4-8-2-3-9-6/h6,8-9H,2-4H2,1H3. The summed E-state index contributed by atoms with van der Waals surface area (Å²) < 4.78 is 5.30. The fourth-order valence-corrected chi connectivity index (χ4v) is 1.28. The molecule has 0 aliphatic carbocycles. The van der Waals surface area contributed by atoms with Gasteiger partial charge in [-0.25, -0.2) is 0 Å². The fourth-order valence-electron chi connectivity index (χ4n) is 1.28. The number of hydrogen-bond donors (Lipinski definition) is 2. The minimum Gasteiger partial charge on any atom is -0.424 e. The summed E-state index contributed by atoms with van der Waals surface area (Å²) in [6, 6.07) is 0.181. The zero-order valence-electron chi connectivity index (χ0n) is 7.00. The Balaban J connectivity index is 2.08. The largest absolute Gasteiger partial charge is 0.424 e. The molecular formula is C7H12N4O. The van der Waals surface area contributed by atoms with E-state index in [9.17, 15) is 0 Å². The third kappa shape index (κ3) is 1.46. The molecule has 1 fully saturated rings. The van der Waals surface area contributed by atoms with Gasteiger partial charge in [0.15, 0.2) is 0 Å². The summed E-state index contributed by atoms with van der Waals surface area (Å²) in [4.78, 5) is 0. The van der Waals surface area contributed by atoms with E-state index in [1.165, 1.54) is 0 Å². The van der Waals surface area contributed by atoms with Crippen LogP contribution in [0.2, 0.25) is 0 Å². The third-order valence-corrected chi connectivity index (χ3v) is 1.88. The molecule has 1 unspecified atom stereocenters. The molecule has 1 aromatic heterocycles. The van der Waals surface area contributed by atoms with Gasteiger partial charge < -0.3 is 15.1 Å². The van der Waals surface area contributed by atoms with Crippen LogP contribution in [0.5, 0.6) is 0 Å². The first-order chi connectivity index (χ1) is 5.86. The second kappa shape index (κ2) is 3.20. The number of aromatic nitrogens is 2. The summed E-state index contributed by atoms with van der Waals surface area (Å²) in [5.41, 5.74) is 0. The Hall–Kier alpha value is -0.940. The summed E-state index contributed by atoms with van der Waals surface area (Å²) in [6.45, 7) is 4.62. The highest BCUT2D eigenvalue weighted by atomic mass is 16.4. The van der Waals surface area contributed by atoms with Crippen molar-refractivity contribution in [3.63, 3.8) is 0 Å². The minimum absolute atomic E-state index is 0.181. The van der Waals surface area contributed by atoms with E-state index in [-0.39, 0.29) is 6.04 Å². The first-order valence-electron chi connectivity index (χ1n) is 4.10. The van der Waals surface area contributed by atoms with Gasteiger partial charge in [0.2, 0.25) is 11.8 Å². The van der Waals surface area contributed by atoms with Gasteiger partial charge in [0, 0.05) is 26.6 Å². The monoisotopic (exact) mass is 168 g/mol. The number of piperazine rings is 1. The first kappa shape index (κ1) is 7.70. The number of nitrogens with zero attached hydrogens (tertiary/aromatic N) is 2. The number of hydrogen-bond acceptors (Lipinski definition) is 5. The second-order valence-corrected chi connectivity index (χ2v) is 2.87. The normalized spacial score (nSPS) is 24.2. The SMILES string of the molecule is Cc1nnc(C2CNCCN2)o1. The Morgan fingerprint density at radius 2 is 2.33 bits per heavy atom. The number of aryl methyl sites for hydroxylation is 1. The summed E-state index contributed by atoms with van der Waals surface area (Å²) in [5.74, 6) is 1.30. The van der Waals surface area contributed by atoms with E-state index in [0.717, 1.165) is 19.6 Å². The van der Waals surface area contributed by atoms with Crippen LogP contribution < -0.4 is 10.6 Å². The Kier molecular flexibility index (Phi) is 2.05. The molecule has 1 aliphatic rings. The molecule has 0 aromatic carbocycles. The van der Waals surface area contributed by atoms with Crippen LogP contribution in [0.1, 0.15) is 17.8 Å². The first-order valence-corrected chi connectivity index (χ1v) is 4.10. The number of nitrogens with one attached hydrogen (secondary N) is 2. The summed E-state index contributed by atoms with van der Waals surface area (Å²) in [7, 11) is 0. The van der Waals surface area contributed by atoms with E-state index in [1.807, 2.05) is 0 Å².